The van der Waals surface area contributed by atoms with Gasteiger partial charge in [0.05, 0.1) is 6.33 Å². The first kappa shape index (κ1) is 13.5. The maximum absolute atomic E-state index is 5.95. The lowest BCUT2D eigenvalue weighted by molar-refractivity contribution is 0.949. The minimum atomic E-state index is 0.717. The van der Waals surface area contributed by atoms with Gasteiger partial charge in [-0.3, -0.25) is 0 Å². The van der Waals surface area contributed by atoms with E-state index in [4.69, 9.17) is 16.6 Å². The van der Waals surface area contributed by atoms with Crippen LogP contribution in [0.1, 0.15) is 0 Å². The number of aryl methyl sites for hydroxylation is 1. The summed E-state index contributed by atoms with van der Waals surface area (Å²) in [5.74, 6) is 0.773. The number of hydrogen-bond donors (Lipinski definition) is 1. The number of pyridine rings is 1. The Labute approximate surface area is 135 Å². The van der Waals surface area contributed by atoms with Gasteiger partial charge in [-0.1, -0.05) is 35.1 Å². The summed E-state index contributed by atoms with van der Waals surface area (Å²) < 4.78 is 1.98. The SMILES string of the molecule is CNc1nc2sc(-c3ccc(Cl)cc3)nc2c2c1ncn2C. The number of benzene rings is 1. The second-order valence-corrected chi connectivity index (χ2v) is 6.36. The van der Waals surface area contributed by atoms with Crippen molar-refractivity contribution in [2.45, 2.75) is 0 Å². The summed E-state index contributed by atoms with van der Waals surface area (Å²) in [6.45, 7) is 0. The van der Waals surface area contributed by atoms with Gasteiger partial charge in [-0.2, -0.15) is 0 Å². The molecule has 0 aliphatic heterocycles. The lowest BCUT2D eigenvalue weighted by Crippen LogP contribution is -1.95. The predicted octanol–water partition coefficient (Wildman–Crippen LogP) is 3.94. The van der Waals surface area contributed by atoms with E-state index in [1.807, 2.05) is 42.9 Å². The molecule has 0 amide bonds. The molecule has 0 aliphatic rings. The highest BCUT2D eigenvalue weighted by Crippen LogP contribution is 2.35. The van der Waals surface area contributed by atoms with Crippen LogP contribution < -0.4 is 5.32 Å². The second-order valence-electron chi connectivity index (χ2n) is 4.94. The maximum atomic E-state index is 5.95. The predicted molar refractivity (Wildman–Crippen MR) is 91.7 cm³/mol. The Morgan fingerprint density at radius 3 is 2.64 bits per heavy atom. The van der Waals surface area contributed by atoms with E-state index in [0.717, 1.165) is 42.8 Å². The summed E-state index contributed by atoms with van der Waals surface area (Å²) in [5, 5.41) is 4.75. The number of nitrogens with zero attached hydrogens (tertiary/aromatic N) is 4. The second kappa shape index (κ2) is 4.93. The molecule has 3 aromatic heterocycles. The Bertz CT molecular complexity index is 987. The standard InChI is InChI=1S/C15H12ClN5S/c1-17-13-10-12(21(2)7-18-10)11-15(20-13)22-14(19-11)8-3-5-9(16)6-4-8/h3-7H,1-2H3,(H,17,20). The van der Waals surface area contributed by atoms with Gasteiger partial charge in [0.1, 0.15) is 26.4 Å². The van der Waals surface area contributed by atoms with Crippen LogP contribution in [0.4, 0.5) is 5.82 Å². The highest BCUT2D eigenvalue weighted by molar-refractivity contribution is 7.21. The average Bonchev–Trinajstić information content (AvgIpc) is 3.10. The van der Waals surface area contributed by atoms with Gasteiger partial charge in [0.2, 0.25) is 0 Å². The van der Waals surface area contributed by atoms with Gasteiger partial charge in [-0.15, -0.1) is 0 Å². The number of hydrogen-bond acceptors (Lipinski definition) is 5. The molecule has 0 aliphatic carbocycles. The first-order valence-corrected chi connectivity index (χ1v) is 7.92. The lowest BCUT2D eigenvalue weighted by atomic mass is 10.2. The molecule has 5 nitrogen and oxygen atoms in total. The number of aromatic nitrogens is 4. The number of halogens is 1. The Kier molecular flexibility index (Phi) is 3.02. The van der Waals surface area contributed by atoms with E-state index >= 15 is 0 Å². The van der Waals surface area contributed by atoms with Crippen LogP contribution in [0.2, 0.25) is 5.02 Å². The van der Waals surface area contributed by atoms with Crippen molar-refractivity contribution < 1.29 is 0 Å². The summed E-state index contributed by atoms with van der Waals surface area (Å²) >= 11 is 7.52. The van der Waals surface area contributed by atoms with Crippen molar-refractivity contribution in [2.24, 2.45) is 7.05 Å². The molecule has 0 bridgehead atoms. The van der Waals surface area contributed by atoms with Crippen LogP contribution in [0.5, 0.6) is 0 Å². The number of anilines is 1. The Morgan fingerprint density at radius 2 is 1.91 bits per heavy atom. The fourth-order valence-corrected chi connectivity index (χ4v) is 3.55. The van der Waals surface area contributed by atoms with Crippen LogP contribution >= 0.6 is 22.9 Å². The molecule has 22 heavy (non-hydrogen) atoms. The molecule has 0 radical (unpaired) electrons. The van der Waals surface area contributed by atoms with Crippen molar-refractivity contribution in [1.29, 1.82) is 0 Å². The van der Waals surface area contributed by atoms with Crippen molar-refractivity contribution in [3.63, 3.8) is 0 Å². The topological polar surface area (TPSA) is 55.6 Å². The third-order valence-electron chi connectivity index (χ3n) is 3.54. The summed E-state index contributed by atoms with van der Waals surface area (Å²) in [4.78, 5) is 14.7. The van der Waals surface area contributed by atoms with Gasteiger partial charge in [-0.05, 0) is 12.1 Å². The molecular weight excluding hydrogens is 318 g/mol. The Morgan fingerprint density at radius 1 is 1.14 bits per heavy atom. The van der Waals surface area contributed by atoms with Gasteiger partial charge < -0.3 is 9.88 Å². The molecule has 1 aromatic carbocycles. The third kappa shape index (κ3) is 1.95. The van der Waals surface area contributed by atoms with Gasteiger partial charge >= 0.3 is 0 Å². The normalized spacial score (nSPS) is 11.4. The number of imidazole rings is 1. The van der Waals surface area contributed by atoms with Crippen LogP contribution in [-0.4, -0.2) is 26.6 Å². The first-order chi connectivity index (χ1) is 10.7. The molecule has 0 atom stereocenters. The molecule has 0 unspecified atom stereocenters. The summed E-state index contributed by atoms with van der Waals surface area (Å²) in [6, 6.07) is 7.68. The van der Waals surface area contributed by atoms with Crippen molar-refractivity contribution in [1.82, 2.24) is 19.5 Å². The quantitative estimate of drug-likeness (QED) is 0.605. The van der Waals surface area contributed by atoms with E-state index in [0.29, 0.717) is 0 Å². The molecule has 110 valence electrons. The van der Waals surface area contributed by atoms with Gasteiger partial charge in [0.15, 0.2) is 5.82 Å². The molecule has 0 spiro atoms. The average molecular weight is 330 g/mol. The molecule has 7 heteroatoms. The summed E-state index contributed by atoms with van der Waals surface area (Å²) in [6.07, 6.45) is 1.79. The highest BCUT2D eigenvalue weighted by Gasteiger charge is 2.16. The zero-order chi connectivity index (χ0) is 15.3. The van der Waals surface area contributed by atoms with E-state index in [1.165, 1.54) is 0 Å². The van der Waals surface area contributed by atoms with E-state index in [2.05, 4.69) is 15.3 Å². The van der Waals surface area contributed by atoms with Crippen molar-refractivity contribution in [3.8, 4) is 10.6 Å². The van der Waals surface area contributed by atoms with Gasteiger partial charge in [0.25, 0.3) is 0 Å². The monoisotopic (exact) mass is 329 g/mol. The van der Waals surface area contributed by atoms with Crippen LogP contribution in [0.3, 0.4) is 0 Å². The maximum Gasteiger partial charge on any atom is 0.155 e. The van der Waals surface area contributed by atoms with Crippen LogP contribution in [-0.2, 0) is 7.05 Å². The van der Waals surface area contributed by atoms with Gasteiger partial charge in [0, 0.05) is 24.7 Å². The molecule has 0 saturated heterocycles. The molecule has 1 N–H and O–H groups in total. The van der Waals surface area contributed by atoms with Crippen LogP contribution in [0.15, 0.2) is 30.6 Å². The van der Waals surface area contributed by atoms with Crippen molar-refractivity contribution in [3.05, 3.63) is 35.6 Å². The lowest BCUT2D eigenvalue weighted by Gasteiger charge is -2.01. The molecule has 3 heterocycles. The molecule has 4 rings (SSSR count). The van der Waals surface area contributed by atoms with Gasteiger partial charge in [-0.25, -0.2) is 15.0 Å². The third-order valence-corrected chi connectivity index (χ3v) is 4.79. The fraction of sp³-hybridized carbons (Fsp3) is 0.133. The molecular formula is C15H12ClN5S. The van der Waals surface area contributed by atoms with E-state index in [1.54, 1.807) is 17.7 Å². The Hall–Kier alpha value is -2.18. The van der Waals surface area contributed by atoms with E-state index in [9.17, 15) is 0 Å². The van der Waals surface area contributed by atoms with E-state index in [-0.39, 0.29) is 0 Å². The molecule has 4 aromatic rings. The number of nitrogens with one attached hydrogen (secondary N) is 1. The summed E-state index contributed by atoms with van der Waals surface area (Å²) in [7, 11) is 3.82. The van der Waals surface area contributed by atoms with Crippen LogP contribution in [0, 0.1) is 0 Å². The highest BCUT2D eigenvalue weighted by atomic mass is 35.5. The number of thiazole rings is 1. The number of rotatable bonds is 2. The number of fused-ring (bicyclic) bond motifs is 3. The zero-order valence-electron chi connectivity index (χ0n) is 12.0. The first-order valence-electron chi connectivity index (χ1n) is 6.72. The van der Waals surface area contributed by atoms with Crippen molar-refractivity contribution in [2.75, 3.05) is 12.4 Å². The largest absolute Gasteiger partial charge is 0.371 e. The fourth-order valence-electron chi connectivity index (χ4n) is 2.47. The van der Waals surface area contributed by atoms with Crippen LogP contribution in [0.25, 0.3) is 32.0 Å². The molecule has 0 saturated carbocycles. The minimum Gasteiger partial charge on any atom is -0.371 e. The van der Waals surface area contributed by atoms with E-state index < -0.39 is 0 Å². The Balaban J connectivity index is 2.02. The minimum absolute atomic E-state index is 0.717. The zero-order valence-corrected chi connectivity index (χ0v) is 13.5. The smallest absolute Gasteiger partial charge is 0.155 e. The molecule has 0 fully saturated rings. The van der Waals surface area contributed by atoms with Crippen molar-refractivity contribution >= 4 is 50.1 Å². The summed E-state index contributed by atoms with van der Waals surface area (Å²) in [5.41, 5.74) is 3.74.